The van der Waals surface area contributed by atoms with Crippen LogP contribution in [-0.2, 0) is 9.53 Å². The largest absolute Gasteiger partial charge is 0.478 e. The Hall–Kier alpha value is -2.19. The third kappa shape index (κ3) is 7.52. The summed E-state index contributed by atoms with van der Waals surface area (Å²) in [7, 11) is 0. The van der Waals surface area contributed by atoms with Crippen LogP contribution in [0.3, 0.4) is 0 Å². The minimum Gasteiger partial charge on any atom is -0.478 e. The Labute approximate surface area is 160 Å². The van der Waals surface area contributed by atoms with Gasteiger partial charge in [-0.3, -0.25) is 4.79 Å². The highest BCUT2D eigenvalue weighted by Crippen LogP contribution is 2.23. The van der Waals surface area contributed by atoms with Crippen molar-refractivity contribution in [2.45, 2.75) is 26.2 Å². The number of carboxylic acids is 1. The van der Waals surface area contributed by atoms with Crippen LogP contribution in [0.1, 0.15) is 36.5 Å². The number of rotatable bonds is 11. The molecule has 0 unspecified atom stereocenters. The van der Waals surface area contributed by atoms with Crippen LogP contribution in [0.4, 0.5) is 5.82 Å². The molecule has 1 saturated heterocycles. The first-order valence-corrected chi connectivity index (χ1v) is 9.61. The highest BCUT2D eigenvalue weighted by Gasteiger charge is 2.20. The van der Waals surface area contributed by atoms with Crippen LogP contribution in [0.2, 0.25) is 0 Å². The fourth-order valence-electron chi connectivity index (χ4n) is 3.16. The van der Waals surface area contributed by atoms with Crippen LogP contribution in [0.25, 0.3) is 0 Å². The highest BCUT2D eigenvalue weighted by molar-refractivity contribution is 5.87. The van der Waals surface area contributed by atoms with Crippen molar-refractivity contribution in [3.63, 3.8) is 0 Å². The number of aromatic carboxylic acids is 1. The number of nitrogens with one attached hydrogen (secondary N) is 2. The van der Waals surface area contributed by atoms with Crippen LogP contribution < -0.4 is 15.5 Å². The number of nitrogens with zero attached hydrogens (tertiary/aromatic N) is 2. The fraction of sp³-hybridized carbons (Fsp3) is 0.632. The normalized spacial score (nSPS) is 14.9. The molecule has 150 valence electrons. The minimum absolute atomic E-state index is 0.212. The Morgan fingerprint density at radius 3 is 2.59 bits per heavy atom. The number of hydrogen-bond acceptors (Lipinski definition) is 7. The zero-order valence-corrected chi connectivity index (χ0v) is 15.9. The Morgan fingerprint density at radius 2 is 1.96 bits per heavy atom. The lowest BCUT2D eigenvalue weighted by Crippen LogP contribution is -2.36. The van der Waals surface area contributed by atoms with Gasteiger partial charge in [-0.15, -0.1) is 0 Å². The molecule has 8 nitrogen and oxygen atoms in total. The van der Waals surface area contributed by atoms with Gasteiger partial charge in [0.15, 0.2) is 0 Å². The molecular weight excluding hydrogens is 348 g/mol. The SMILES string of the molecule is CCOC(=O)CNCCNCCC1CCN(c2ccc(C(=O)O)cn2)CC1. The van der Waals surface area contributed by atoms with E-state index in [1.165, 1.54) is 6.20 Å². The minimum atomic E-state index is -0.948. The molecule has 0 aromatic carbocycles. The molecule has 1 aliphatic heterocycles. The molecule has 2 rings (SSSR count). The maximum Gasteiger partial charge on any atom is 0.337 e. The summed E-state index contributed by atoms with van der Waals surface area (Å²) in [6.07, 6.45) is 4.79. The Morgan fingerprint density at radius 1 is 1.22 bits per heavy atom. The van der Waals surface area contributed by atoms with Crippen molar-refractivity contribution >= 4 is 17.8 Å². The predicted molar refractivity (Wildman–Crippen MR) is 103 cm³/mol. The molecule has 1 aliphatic rings. The number of pyridine rings is 1. The maximum atomic E-state index is 11.2. The van der Waals surface area contributed by atoms with Crippen LogP contribution in [0, 0.1) is 5.92 Å². The van der Waals surface area contributed by atoms with Gasteiger partial charge in [-0.2, -0.15) is 0 Å². The summed E-state index contributed by atoms with van der Waals surface area (Å²) in [4.78, 5) is 28.5. The molecule has 8 heteroatoms. The van der Waals surface area contributed by atoms with Crippen molar-refractivity contribution < 1.29 is 19.4 Å². The summed E-state index contributed by atoms with van der Waals surface area (Å²) in [6, 6.07) is 3.39. The van der Waals surface area contributed by atoms with Gasteiger partial charge >= 0.3 is 11.9 Å². The number of anilines is 1. The van der Waals surface area contributed by atoms with Crippen LogP contribution >= 0.6 is 0 Å². The molecule has 0 radical (unpaired) electrons. The van der Waals surface area contributed by atoms with E-state index < -0.39 is 5.97 Å². The van der Waals surface area contributed by atoms with Gasteiger partial charge in [-0.25, -0.2) is 9.78 Å². The van der Waals surface area contributed by atoms with Crippen LogP contribution in [-0.4, -0.2) is 67.9 Å². The molecule has 1 aromatic heterocycles. The third-order valence-corrected chi connectivity index (χ3v) is 4.72. The van der Waals surface area contributed by atoms with E-state index in [1.54, 1.807) is 19.1 Å². The smallest absolute Gasteiger partial charge is 0.337 e. The number of carbonyl (C=O) groups is 2. The third-order valence-electron chi connectivity index (χ3n) is 4.72. The molecule has 3 N–H and O–H groups in total. The quantitative estimate of drug-likeness (QED) is 0.389. The standard InChI is InChI=1S/C19H30N4O4/c1-2-27-18(24)14-21-10-9-20-8-5-15-6-11-23(12-7-15)17-4-3-16(13-22-17)19(25)26/h3-4,13,15,20-21H,2,5-12,14H2,1H3,(H,25,26). The van der Waals surface area contributed by atoms with Crippen LogP contribution in [0.5, 0.6) is 0 Å². The van der Waals surface area contributed by atoms with Gasteiger partial charge in [0.25, 0.3) is 0 Å². The molecule has 0 bridgehead atoms. The average molecular weight is 378 g/mol. The van der Waals surface area contributed by atoms with Gasteiger partial charge in [0.05, 0.1) is 18.7 Å². The molecule has 1 aromatic rings. The maximum absolute atomic E-state index is 11.2. The molecular formula is C19H30N4O4. The first kappa shape index (κ1) is 21.1. The second kappa shape index (κ2) is 11.5. The van der Waals surface area contributed by atoms with Crippen molar-refractivity contribution in [1.82, 2.24) is 15.6 Å². The molecule has 27 heavy (non-hydrogen) atoms. The Balaban J connectivity index is 1.54. The summed E-state index contributed by atoms with van der Waals surface area (Å²) in [6.45, 7) is 6.92. The van der Waals surface area contributed by atoms with Gasteiger partial charge in [-0.05, 0) is 50.8 Å². The fourth-order valence-corrected chi connectivity index (χ4v) is 3.16. The molecule has 0 amide bonds. The first-order valence-electron chi connectivity index (χ1n) is 9.61. The van der Waals surface area contributed by atoms with Gasteiger partial charge in [-0.1, -0.05) is 0 Å². The van der Waals surface area contributed by atoms with Crippen molar-refractivity contribution in [3.8, 4) is 0 Å². The zero-order chi connectivity index (χ0) is 19.5. The van der Waals surface area contributed by atoms with Gasteiger partial charge in [0.1, 0.15) is 5.82 Å². The molecule has 2 heterocycles. The van der Waals surface area contributed by atoms with E-state index >= 15 is 0 Å². The molecule has 0 saturated carbocycles. The van der Waals surface area contributed by atoms with E-state index in [9.17, 15) is 9.59 Å². The second-order valence-corrected chi connectivity index (χ2v) is 6.66. The lowest BCUT2D eigenvalue weighted by Gasteiger charge is -2.32. The van der Waals surface area contributed by atoms with E-state index in [1.807, 2.05) is 0 Å². The van der Waals surface area contributed by atoms with E-state index in [0.29, 0.717) is 12.5 Å². The topological polar surface area (TPSA) is 104 Å². The number of piperidine rings is 1. The van der Waals surface area contributed by atoms with Crippen molar-refractivity contribution in [2.75, 3.05) is 50.8 Å². The van der Waals surface area contributed by atoms with Gasteiger partial charge < -0.3 is 25.4 Å². The summed E-state index contributed by atoms with van der Waals surface area (Å²) >= 11 is 0. The summed E-state index contributed by atoms with van der Waals surface area (Å²) in [5.74, 6) is 0.386. The number of aromatic nitrogens is 1. The van der Waals surface area contributed by atoms with Crippen molar-refractivity contribution in [1.29, 1.82) is 0 Å². The predicted octanol–water partition coefficient (Wildman–Crippen LogP) is 1.13. The molecule has 1 fully saturated rings. The van der Waals surface area contributed by atoms with E-state index in [0.717, 1.165) is 57.8 Å². The van der Waals surface area contributed by atoms with Crippen molar-refractivity contribution in [3.05, 3.63) is 23.9 Å². The second-order valence-electron chi connectivity index (χ2n) is 6.66. The number of ether oxygens (including phenoxy) is 1. The zero-order valence-electron chi connectivity index (χ0n) is 15.9. The van der Waals surface area contributed by atoms with E-state index in [4.69, 9.17) is 9.84 Å². The Kier molecular flexibility index (Phi) is 9.00. The lowest BCUT2D eigenvalue weighted by molar-refractivity contribution is -0.141. The van der Waals surface area contributed by atoms with E-state index in [2.05, 4.69) is 20.5 Å². The summed E-state index contributed by atoms with van der Waals surface area (Å²) in [5, 5.41) is 15.4. The Bertz CT molecular complexity index is 586. The number of carboxylic acid groups (broad SMARTS) is 1. The molecule has 0 atom stereocenters. The molecule has 0 spiro atoms. The summed E-state index contributed by atoms with van der Waals surface area (Å²) < 4.78 is 4.85. The highest BCUT2D eigenvalue weighted by atomic mass is 16.5. The van der Waals surface area contributed by atoms with Gasteiger partial charge in [0, 0.05) is 32.4 Å². The first-order chi connectivity index (χ1) is 13.1. The van der Waals surface area contributed by atoms with Gasteiger partial charge in [0.2, 0.25) is 0 Å². The number of hydrogen-bond donors (Lipinski definition) is 3. The summed E-state index contributed by atoms with van der Waals surface area (Å²) in [5.41, 5.74) is 0.219. The van der Waals surface area contributed by atoms with Crippen molar-refractivity contribution in [2.24, 2.45) is 5.92 Å². The average Bonchev–Trinajstić information content (AvgIpc) is 2.68. The number of carbonyl (C=O) groups excluding carboxylic acids is 1. The number of esters is 1. The monoisotopic (exact) mass is 378 g/mol. The lowest BCUT2D eigenvalue weighted by atomic mass is 9.93. The molecule has 0 aliphatic carbocycles. The van der Waals surface area contributed by atoms with Crippen LogP contribution in [0.15, 0.2) is 18.3 Å². The van der Waals surface area contributed by atoms with E-state index in [-0.39, 0.29) is 18.1 Å².